The highest BCUT2D eigenvalue weighted by molar-refractivity contribution is 5.74. The minimum Gasteiger partial charge on any atom is -0.480 e. The van der Waals surface area contributed by atoms with Gasteiger partial charge < -0.3 is 10.4 Å². The molecule has 2 heterocycles. The van der Waals surface area contributed by atoms with Crippen molar-refractivity contribution in [1.82, 2.24) is 10.6 Å². The number of carbonyl (C=O) groups is 1. The lowest BCUT2D eigenvalue weighted by molar-refractivity contribution is -0.139. The summed E-state index contributed by atoms with van der Waals surface area (Å²) in [7, 11) is 0. The van der Waals surface area contributed by atoms with Crippen molar-refractivity contribution in [3.8, 4) is 0 Å². The van der Waals surface area contributed by atoms with Crippen LogP contribution < -0.4 is 10.6 Å². The van der Waals surface area contributed by atoms with Crippen LogP contribution in [0, 0.1) is 5.92 Å². The number of hydrogen-bond acceptors (Lipinski definition) is 3. The van der Waals surface area contributed by atoms with Crippen LogP contribution in [0.1, 0.15) is 19.8 Å². The minimum absolute atomic E-state index is 0.322. The fourth-order valence-corrected chi connectivity index (χ4v) is 2.53. The Hall–Kier alpha value is -0.610. The van der Waals surface area contributed by atoms with E-state index in [1.807, 2.05) is 0 Å². The predicted molar refractivity (Wildman–Crippen MR) is 48.5 cm³/mol. The molecule has 0 aliphatic carbocycles. The zero-order valence-electron chi connectivity index (χ0n) is 7.79. The lowest BCUT2D eigenvalue weighted by atomic mass is 9.88. The zero-order chi connectivity index (χ0) is 9.42. The summed E-state index contributed by atoms with van der Waals surface area (Å²) in [6.45, 7) is 3.14. The zero-order valence-corrected chi connectivity index (χ0v) is 7.79. The molecule has 3 N–H and O–H groups in total. The molecule has 0 aromatic heterocycles. The number of piperidine rings is 1. The van der Waals surface area contributed by atoms with Gasteiger partial charge in [-0.1, -0.05) is 0 Å². The van der Waals surface area contributed by atoms with Crippen LogP contribution in [0.25, 0.3) is 0 Å². The summed E-state index contributed by atoms with van der Waals surface area (Å²) in [6.07, 6.45) is 1.90. The Morgan fingerprint density at radius 1 is 1.54 bits per heavy atom. The van der Waals surface area contributed by atoms with Crippen molar-refractivity contribution in [3.05, 3.63) is 0 Å². The second kappa shape index (κ2) is 3.27. The molecule has 0 amide bonds. The normalized spacial score (nSPS) is 44.4. The number of carboxylic acids is 1. The summed E-state index contributed by atoms with van der Waals surface area (Å²) >= 11 is 0. The fourth-order valence-electron chi connectivity index (χ4n) is 2.53. The molecule has 4 nitrogen and oxygen atoms in total. The second-order valence-corrected chi connectivity index (χ2v) is 4.11. The quantitative estimate of drug-likeness (QED) is 0.528. The van der Waals surface area contributed by atoms with E-state index < -0.39 is 5.97 Å². The molecule has 0 spiro atoms. The van der Waals surface area contributed by atoms with Gasteiger partial charge in [-0.3, -0.25) is 10.1 Å². The van der Waals surface area contributed by atoms with E-state index in [1.165, 1.54) is 0 Å². The summed E-state index contributed by atoms with van der Waals surface area (Å²) in [4.78, 5) is 10.8. The Kier molecular flexibility index (Phi) is 2.26. The largest absolute Gasteiger partial charge is 0.480 e. The number of carboxylic acid groups (broad SMARTS) is 1. The highest BCUT2D eigenvalue weighted by Gasteiger charge is 2.41. The topological polar surface area (TPSA) is 61.4 Å². The smallest absolute Gasteiger partial charge is 0.320 e. The van der Waals surface area contributed by atoms with Crippen LogP contribution in [0.15, 0.2) is 0 Å². The molecule has 2 fully saturated rings. The number of hydrogen-bond donors (Lipinski definition) is 3. The molecule has 0 aromatic rings. The van der Waals surface area contributed by atoms with Gasteiger partial charge in [0.15, 0.2) is 0 Å². The SMILES string of the molecule is CC1NCC[C@H]2C[C@@H](C(=O)O)N[C@@H]12. The van der Waals surface area contributed by atoms with Crippen molar-refractivity contribution < 1.29 is 9.90 Å². The molecular formula is C9H16N2O2. The summed E-state index contributed by atoms with van der Waals surface area (Å²) in [6, 6.07) is 0.440. The maximum Gasteiger partial charge on any atom is 0.320 e. The Balaban J connectivity index is 2.04. The van der Waals surface area contributed by atoms with E-state index in [4.69, 9.17) is 5.11 Å². The second-order valence-electron chi connectivity index (χ2n) is 4.11. The molecule has 2 aliphatic rings. The van der Waals surface area contributed by atoms with Crippen LogP contribution in [0.2, 0.25) is 0 Å². The van der Waals surface area contributed by atoms with Gasteiger partial charge in [0.05, 0.1) is 0 Å². The van der Waals surface area contributed by atoms with E-state index in [0.717, 1.165) is 19.4 Å². The molecule has 0 saturated carbocycles. The highest BCUT2D eigenvalue weighted by Crippen LogP contribution is 2.28. The van der Waals surface area contributed by atoms with Crippen molar-refractivity contribution >= 4 is 5.97 Å². The van der Waals surface area contributed by atoms with Crippen molar-refractivity contribution in [1.29, 1.82) is 0 Å². The number of aliphatic carboxylic acids is 1. The maximum absolute atomic E-state index is 10.8. The van der Waals surface area contributed by atoms with Gasteiger partial charge in [-0.25, -0.2) is 0 Å². The van der Waals surface area contributed by atoms with Gasteiger partial charge in [0, 0.05) is 12.1 Å². The Morgan fingerprint density at radius 3 is 2.92 bits per heavy atom. The fraction of sp³-hybridized carbons (Fsp3) is 0.889. The first-order valence-electron chi connectivity index (χ1n) is 4.90. The van der Waals surface area contributed by atoms with E-state index >= 15 is 0 Å². The van der Waals surface area contributed by atoms with E-state index in [-0.39, 0.29) is 6.04 Å². The van der Waals surface area contributed by atoms with Crippen molar-refractivity contribution in [3.63, 3.8) is 0 Å². The number of rotatable bonds is 1. The first-order valence-corrected chi connectivity index (χ1v) is 4.90. The van der Waals surface area contributed by atoms with Gasteiger partial charge in [0.1, 0.15) is 6.04 Å². The molecule has 2 saturated heterocycles. The van der Waals surface area contributed by atoms with Gasteiger partial charge >= 0.3 is 5.97 Å². The molecule has 4 heteroatoms. The Labute approximate surface area is 77.7 Å². The van der Waals surface area contributed by atoms with Crippen LogP contribution in [0.4, 0.5) is 0 Å². The maximum atomic E-state index is 10.8. The average molecular weight is 184 g/mol. The third kappa shape index (κ3) is 1.56. The summed E-state index contributed by atoms with van der Waals surface area (Å²) in [5.41, 5.74) is 0. The monoisotopic (exact) mass is 184 g/mol. The third-order valence-electron chi connectivity index (χ3n) is 3.26. The molecule has 0 aromatic carbocycles. The first-order chi connectivity index (χ1) is 6.18. The lowest BCUT2D eigenvalue weighted by Crippen LogP contribution is -2.52. The van der Waals surface area contributed by atoms with Crippen LogP contribution >= 0.6 is 0 Å². The summed E-state index contributed by atoms with van der Waals surface area (Å²) in [5.74, 6) is -0.154. The summed E-state index contributed by atoms with van der Waals surface area (Å²) < 4.78 is 0. The van der Waals surface area contributed by atoms with Crippen LogP contribution in [0.5, 0.6) is 0 Å². The van der Waals surface area contributed by atoms with Gasteiger partial charge in [-0.2, -0.15) is 0 Å². The Bertz CT molecular complexity index is 220. The molecule has 2 aliphatic heterocycles. The molecular weight excluding hydrogens is 168 g/mol. The lowest BCUT2D eigenvalue weighted by Gasteiger charge is -2.32. The highest BCUT2D eigenvalue weighted by atomic mass is 16.4. The molecule has 13 heavy (non-hydrogen) atoms. The predicted octanol–water partition coefficient (Wildman–Crippen LogP) is -0.200. The van der Waals surface area contributed by atoms with Crippen molar-refractivity contribution in [2.45, 2.75) is 37.9 Å². The van der Waals surface area contributed by atoms with E-state index in [1.54, 1.807) is 0 Å². The molecule has 0 bridgehead atoms. The number of nitrogens with one attached hydrogen (secondary N) is 2. The first kappa shape index (κ1) is 8.97. The minimum atomic E-state index is -0.707. The standard InChI is InChI=1S/C9H16N2O2/c1-5-8-6(2-3-10-5)4-7(11-8)9(12)13/h5-8,10-11H,2-4H2,1H3,(H,12,13)/t5?,6-,7-,8-/m0/s1. The van der Waals surface area contributed by atoms with E-state index in [2.05, 4.69) is 17.6 Å². The Morgan fingerprint density at radius 2 is 2.31 bits per heavy atom. The molecule has 1 unspecified atom stereocenters. The van der Waals surface area contributed by atoms with Crippen LogP contribution in [-0.2, 0) is 4.79 Å². The van der Waals surface area contributed by atoms with Gasteiger partial charge in [0.2, 0.25) is 0 Å². The third-order valence-corrected chi connectivity index (χ3v) is 3.26. The van der Waals surface area contributed by atoms with Gasteiger partial charge in [-0.15, -0.1) is 0 Å². The van der Waals surface area contributed by atoms with Crippen molar-refractivity contribution in [2.24, 2.45) is 5.92 Å². The van der Waals surface area contributed by atoms with E-state index in [9.17, 15) is 4.79 Å². The van der Waals surface area contributed by atoms with Gasteiger partial charge in [0.25, 0.3) is 0 Å². The molecule has 0 radical (unpaired) electrons. The summed E-state index contributed by atoms with van der Waals surface area (Å²) in [5, 5.41) is 15.4. The van der Waals surface area contributed by atoms with E-state index in [0.29, 0.717) is 18.0 Å². The average Bonchev–Trinajstić information content (AvgIpc) is 2.49. The molecule has 74 valence electrons. The van der Waals surface area contributed by atoms with Crippen LogP contribution in [0.3, 0.4) is 0 Å². The number of fused-ring (bicyclic) bond motifs is 1. The van der Waals surface area contributed by atoms with Gasteiger partial charge in [-0.05, 0) is 32.2 Å². The molecule has 2 rings (SSSR count). The molecule has 4 atom stereocenters. The van der Waals surface area contributed by atoms with Crippen molar-refractivity contribution in [2.75, 3.05) is 6.54 Å². The van der Waals surface area contributed by atoms with Crippen LogP contribution in [-0.4, -0.2) is 35.7 Å².